The van der Waals surface area contributed by atoms with Crippen LogP contribution in [-0.4, -0.2) is 35.5 Å². The molecule has 1 radical (unpaired) electrons. The molecule has 0 aromatic heterocycles. The van der Waals surface area contributed by atoms with Crippen molar-refractivity contribution >= 4 is 48.1 Å². The summed E-state index contributed by atoms with van der Waals surface area (Å²) in [5, 5.41) is 0. The molecule has 1 rings (SSSR count). The number of thiol groups is 1. The summed E-state index contributed by atoms with van der Waals surface area (Å²) in [5.41, 5.74) is 5.49. The molecule has 4 heteroatoms. The second-order valence-corrected chi connectivity index (χ2v) is 2.36. The fourth-order valence-corrected chi connectivity index (χ4v) is 0.953. The Kier molecular flexibility index (Phi) is 4.84. The summed E-state index contributed by atoms with van der Waals surface area (Å²) in [5.74, 6) is -0.439. The van der Waals surface area contributed by atoms with Gasteiger partial charge < -0.3 is 5.73 Å². The third-order valence-electron chi connectivity index (χ3n) is 1.17. The number of primary amides is 1. The summed E-state index contributed by atoms with van der Waals surface area (Å²) >= 11 is 4.04. The van der Waals surface area contributed by atoms with Gasteiger partial charge in [-0.05, 0) is 12.1 Å². The molecular formula is C7H7NNaOS. The summed E-state index contributed by atoms with van der Waals surface area (Å²) in [6.07, 6.45) is 0. The van der Waals surface area contributed by atoms with Crippen molar-refractivity contribution in [2.45, 2.75) is 4.90 Å². The van der Waals surface area contributed by atoms with E-state index in [2.05, 4.69) is 12.6 Å². The topological polar surface area (TPSA) is 43.1 Å². The van der Waals surface area contributed by atoms with Gasteiger partial charge in [-0.15, -0.1) is 12.6 Å². The summed E-state index contributed by atoms with van der Waals surface area (Å²) in [6, 6.07) is 6.92. The molecule has 0 aliphatic heterocycles. The van der Waals surface area contributed by atoms with Crippen LogP contribution in [0, 0.1) is 0 Å². The maximum atomic E-state index is 10.6. The van der Waals surface area contributed by atoms with Crippen molar-refractivity contribution in [3.8, 4) is 0 Å². The van der Waals surface area contributed by atoms with Crippen molar-refractivity contribution in [1.82, 2.24) is 0 Å². The predicted octanol–water partition coefficient (Wildman–Crippen LogP) is 0.693. The zero-order chi connectivity index (χ0) is 7.56. The van der Waals surface area contributed by atoms with E-state index in [-0.39, 0.29) is 29.6 Å². The van der Waals surface area contributed by atoms with Gasteiger partial charge >= 0.3 is 0 Å². The van der Waals surface area contributed by atoms with Crippen LogP contribution in [0.1, 0.15) is 10.4 Å². The number of benzene rings is 1. The quantitative estimate of drug-likeness (QED) is 0.480. The molecular weight excluding hydrogens is 169 g/mol. The maximum absolute atomic E-state index is 10.6. The number of rotatable bonds is 1. The summed E-state index contributed by atoms with van der Waals surface area (Å²) < 4.78 is 0. The number of carbonyl (C=O) groups excluding carboxylic acids is 1. The molecule has 0 bridgehead atoms. The van der Waals surface area contributed by atoms with Crippen LogP contribution in [0.2, 0.25) is 0 Å². The molecule has 53 valence electrons. The third kappa shape index (κ3) is 2.87. The summed E-state index contributed by atoms with van der Waals surface area (Å²) in [7, 11) is 0. The molecule has 0 aliphatic carbocycles. The molecule has 0 heterocycles. The standard InChI is InChI=1S/C7H7NOS.Na/c8-7(9)5-3-1-2-4-6(5)10;/h1-4,10H,(H2,8,9);. The van der Waals surface area contributed by atoms with Crippen LogP contribution in [0.4, 0.5) is 0 Å². The maximum Gasteiger partial charge on any atom is 0.249 e. The van der Waals surface area contributed by atoms with E-state index < -0.39 is 5.91 Å². The average molecular weight is 176 g/mol. The van der Waals surface area contributed by atoms with E-state index in [1.54, 1.807) is 24.3 Å². The number of hydrogen-bond acceptors (Lipinski definition) is 2. The van der Waals surface area contributed by atoms with Crippen LogP contribution in [0.25, 0.3) is 0 Å². The summed E-state index contributed by atoms with van der Waals surface area (Å²) in [6.45, 7) is 0. The predicted molar refractivity (Wildman–Crippen MR) is 48.0 cm³/mol. The fourth-order valence-electron chi connectivity index (χ4n) is 0.682. The van der Waals surface area contributed by atoms with Crippen LogP contribution >= 0.6 is 12.6 Å². The van der Waals surface area contributed by atoms with Gasteiger partial charge in [0, 0.05) is 34.5 Å². The molecule has 0 saturated heterocycles. The van der Waals surface area contributed by atoms with E-state index in [1.165, 1.54) is 0 Å². The first-order chi connectivity index (χ1) is 4.72. The van der Waals surface area contributed by atoms with Crippen molar-refractivity contribution in [3.63, 3.8) is 0 Å². The fraction of sp³-hybridized carbons (Fsp3) is 0. The van der Waals surface area contributed by atoms with Crippen molar-refractivity contribution in [1.29, 1.82) is 0 Å². The molecule has 0 aliphatic rings. The molecule has 0 atom stereocenters. The van der Waals surface area contributed by atoms with Gasteiger partial charge in [0.25, 0.3) is 0 Å². The Bertz CT molecular complexity index is 264. The first-order valence-corrected chi connectivity index (χ1v) is 3.24. The van der Waals surface area contributed by atoms with Gasteiger partial charge in [0.1, 0.15) is 0 Å². The van der Waals surface area contributed by atoms with Gasteiger partial charge in [-0.1, -0.05) is 12.1 Å². The largest absolute Gasteiger partial charge is 0.366 e. The van der Waals surface area contributed by atoms with Crippen molar-refractivity contribution in [2.24, 2.45) is 5.73 Å². The number of nitrogens with two attached hydrogens (primary N) is 1. The first kappa shape index (κ1) is 11.0. The minimum Gasteiger partial charge on any atom is -0.366 e. The SMILES string of the molecule is NC(=O)c1ccccc1S.[Na]. The van der Waals surface area contributed by atoms with E-state index in [0.29, 0.717) is 10.5 Å². The molecule has 0 spiro atoms. The van der Waals surface area contributed by atoms with Crippen LogP contribution in [0.5, 0.6) is 0 Å². The van der Waals surface area contributed by atoms with E-state index in [1.807, 2.05) is 0 Å². The molecule has 2 nitrogen and oxygen atoms in total. The molecule has 0 unspecified atom stereocenters. The second kappa shape index (κ2) is 4.83. The Hall–Kier alpha value is 0.0400. The molecule has 11 heavy (non-hydrogen) atoms. The Morgan fingerprint density at radius 1 is 1.36 bits per heavy atom. The first-order valence-electron chi connectivity index (χ1n) is 2.79. The Balaban J connectivity index is 0.000001000. The molecule has 1 amide bonds. The van der Waals surface area contributed by atoms with Gasteiger partial charge in [-0.2, -0.15) is 0 Å². The minimum absolute atomic E-state index is 0. The van der Waals surface area contributed by atoms with E-state index >= 15 is 0 Å². The zero-order valence-corrected chi connectivity index (χ0v) is 9.14. The zero-order valence-electron chi connectivity index (χ0n) is 6.24. The Labute approximate surface area is 92.9 Å². The smallest absolute Gasteiger partial charge is 0.249 e. The Morgan fingerprint density at radius 2 is 1.91 bits per heavy atom. The monoisotopic (exact) mass is 176 g/mol. The van der Waals surface area contributed by atoms with Crippen LogP contribution in [0.3, 0.4) is 0 Å². The van der Waals surface area contributed by atoms with Crippen LogP contribution in [-0.2, 0) is 0 Å². The van der Waals surface area contributed by atoms with Crippen molar-refractivity contribution < 1.29 is 4.79 Å². The molecule has 0 fully saturated rings. The van der Waals surface area contributed by atoms with Gasteiger partial charge in [0.15, 0.2) is 0 Å². The molecule has 2 N–H and O–H groups in total. The number of carbonyl (C=O) groups is 1. The number of hydrogen-bond donors (Lipinski definition) is 2. The van der Waals surface area contributed by atoms with Crippen molar-refractivity contribution in [2.75, 3.05) is 0 Å². The normalized spacial score (nSPS) is 8.45. The van der Waals surface area contributed by atoms with E-state index in [9.17, 15) is 4.79 Å². The van der Waals surface area contributed by atoms with Crippen LogP contribution < -0.4 is 5.73 Å². The Morgan fingerprint density at radius 3 is 2.27 bits per heavy atom. The van der Waals surface area contributed by atoms with Gasteiger partial charge in [-0.3, -0.25) is 4.79 Å². The summed E-state index contributed by atoms with van der Waals surface area (Å²) in [4.78, 5) is 11.2. The van der Waals surface area contributed by atoms with Gasteiger partial charge in [0.2, 0.25) is 5.91 Å². The van der Waals surface area contributed by atoms with Crippen molar-refractivity contribution in [3.05, 3.63) is 29.8 Å². The van der Waals surface area contributed by atoms with Gasteiger partial charge in [0.05, 0.1) is 5.56 Å². The third-order valence-corrected chi connectivity index (χ3v) is 1.56. The average Bonchev–Trinajstić information content (AvgIpc) is 1.88. The van der Waals surface area contributed by atoms with Crippen LogP contribution in [0.15, 0.2) is 29.2 Å². The molecule has 1 aromatic rings. The molecule has 0 saturated carbocycles. The minimum atomic E-state index is -0.439. The number of amides is 1. The van der Waals surface area contributed by atoms with Gasteiger partial charge in [-0.25, -0.2) is 0 Å². The second-order valence-electron chi connectivity index (χ2n) is 1.88. The van der Waals surface area contributed by atoms with E-state index in [0.717, 1.165) is 0 Å². The van der Waals surface area contributed by atoms with E-state index in [4.69, 9.17) is 5.73 Å². The molecule has 1 aromatic carbocycles.